The van der Waals surface area contributed by atoms with Gasteiger partial charge in [0, 0.05) is 12.3 Å². The largest absolute Gasteiger partial charge is 0.299 e. The first kappa shape index (κ1) is 8.25. The van der Waals surface area contributed by atoms with Crippen LogP contribution in [0.3, 0.4) is 0 Å². The Hall–Kier alpha value is -0.850. The van der Waals surface area contributed by atoms with E-state index in [0.29, 0.717) is 5.78 Å². The average Bonchev–Trinajstić information content (AvgIpc) is 2.37. The van der Waals surface area contributed by atoms with Crippen LogP contribution in [0.1, 0.15) is 26.2 Å². The topological polar surface area (TPSA) is 17.1 Å². The molecule has 0 aromatic carbocycles. The molecule has 1 nitrogen and oxygen atoms in total. The number of Topliss-reactive ketones (excluding diaryl/α,β-unsaturated/α-hetero) is 1. The number of ketones is 1. The molecule has 0 bridgehead atoms. The van der Waals surface area contributed by atoms with E-state index >= 15 is 0 Å². The number of allylic oxidation sites excluding steroid dienone is 3. The Balaban J connectivity index is 2.61. The Labute approximate surface area is 67.8 Å². The van der Waals surface area contributed by atoms with Gasteiger partial charge in [0.2, 0.25) is 0 Å². The monoisotopic (exact) mass is 150 g/mol. The Morgan fingerprint density at radius 3 is 2.91 bits per heavy atom. The number of rotatable bonds is 2. The molecule has 1 atom stereocenters. The van der Waals surface area contributed by atoms with E-state index < -0.39 is 0 Å². The Morgan fingerprint density at radius 2 is 2.45 bits per heavy atom. The van der Waals surface area contributed by atoms with Crippen molar-refractivity contribution in [3.8, 4) is 0 Å². The zero-order valence-electron chi connectivity index (χ0n) is 6.97. The fraction of sp³-hybridized carbons (Fsp3) is 0.500. The fourth-order valence-corrected chi connectivity index (χ4v) is 1.40. The average molecular weight is 150 g/mol. The lowest BCUT2D eigenvalue weighted by Gasteiger charge is -2.00. The highest BCUT2D eigenvalue weighted by molar-refractivity contribution is 5.84. The van der Waals surface area contributed by atoms with Crippen LogP contribution in [-0.4, -0.2) is 5.78 Å². The summed E-state index contributed by atoms with van der Waals surface area (Å²) in [5.74, 6) is 0.583. The van der Waals surface area contributed by atoms with Crippen LogP contribution < -0.4 is 0 Å². The van der Waals surface area contributed by atoms with Gasteiger partial charge in [-0.2, -0.15) is 0 Å². The quantitative estimate of drug-likeness (QED) is 0.553. The summed E-state index contributed by atoms with van der Waals surface area (Å²) >= 11 is 0. The van der Waals surface area contributed by atoms with Crippen LogP contribution in [0.15, 0.2) is 24.3 Å². The molecule has 1 fully saturated rings. The van der Waals surface area contributed by atoms with E-state index in [4.69, 9.17) is 0 Å². The second-order valence-corrected chi connectivity index (χ2v) is 3.08. The minimum absolute atomic E-state index is 0.188. The molecule has 0 saturated heterocycles. The second-order valence-electron chi connectivity index (χ2n) is 3.08. The first-order chi connectivity index (χ1) is 5.24. The maximum absolute atomic E-state index is 11.1. The molecule has 1 aliphatic rings. The third-order valence-corrected chi connectivity index (χ3v) is 2.14. The van der Waals surface area contributed by atoms with Gasteiger partial charge in [-0.05, 0) is 19.8 Å². The molecule has 1 rings (SSSR count). The molecular weight excluding hydrogens is 136 g/mol. The highest BCUT2D eigenvalue weighted by atomic mass is 16.1. The molecule has 11 heavy (non-hydrogen) atoms. The van der Waals surface area contributed by atoms with E-state index in [9.17, 15) is 4.79 Å². The molecule has 0 spiro atoms. The molecule has 0 aromatic rings. The van der Waals surface area contributed by atoms with Crippen molar-refractivity contribution in [2.45, 2.75) is 26.2 Å². The highest BCUT2D eigenvalue weighted by Crippen LogP contribution is 2.23. The van der Waals surface area contributed by atoms with Gasteiger partial charge < -0.3 is 0 Å². The van der Waals surface area contributed by atoms with Gasteiger partial charge in [-0.1, -0.05) is 24.3 Å². The summed E-state index contributed by atoms with van der Waals surface area (Å²) in [5, 5.41) is 0. The predicted octanol–water partition coefficient (Wildman–Crippen LogP) is 2.49. The summed E-state index contributed by atoms with van der Waals surface area (Å²) in [5.41, 5.74) is 1.12. The van der Waals surface area contributed by atoms with E-state index in [1.807, 2.05) is 13.0 Å². The summed E-state index contributed by atoms with van der Waals surface area (Å²) in [7, 11) is 0. The van der Waals surface area contributed by atoms with Gasteiger partial charge in [-0.15, -0.1) is 0 Å². The molecule has 0 amide bonds. The van der Waals surface area contributed by atoms with Gasteiger partial charge in [0.15, 0.2) is 0 Å². The first-order valence-corrected chi connectivity index (χ1v) is 4.07. The van der Waals surface area contributed by atoms with Crippen LogP contribution in [0.5, 0.6) is 0 Å². The van der Waals surface area contributed by atoms with Gasteiger partial charge in [0.05, 0.1) is 0 Å². The van der Waals surface area contributed by atoms with Gasteiger partial charge in [0.1, 0.15) is 5.78 Å². The van der Waals surface area contributed by atoms with Crippen molar-refractivity contribution in [2.75, 3.05) is 0 Å². The lowest BCUT2D eigenvalue weighted by atomic mass is 10.0. The standard InChI is InChI=1S/C10H14O/c1-3-8(2)7-9-5-4-6-10(9)11/h3,7,9H,1,4-6H2,2H3/b8-7+. The van der Waals surface area contributed by atoms with Crippen molar-refractivity contribution in [3.63, 3.8) is 0 Å². The summed E-state index contributed by atoms with van der Waals surface area (Å²) < 4.78 is 0. The molecule has 60 valence electrons. The van der Waals surface area contributed by atoms with Crippen LogP contribution in [0.2, 0.25) is 0 Å². The van der Waals surface area contributed by atoms with Gasteiger partial charge in [0.25, 0.3) is 0 Å². The zero-order valence-corrected chi connectivity index (χ0v) is 6.97. The molecule has 0 aliphatic heterocycles. The van der Waals surface area contributed by atoms with Gasteiger partial charge in [-0.25, -0.2) is 0 Å². The molecule has 0 heterocycles. The maximum Gasteiger partial charge on any atom is 0.139 e. The molecule has 0 radical (unpaired) electrons. The lowest BCUT2D eigenvalue weighted by molar-refractivity contribution is -0.119. The first-order valence-electron chi connectivity index (χ1n) is 4.07. The van der Waals surface area contributed by atoms with Gasteiger partial charge >= 0.3 is 0 Å². The van der Waals surface area contributed by atoms with Crippen molar-refractivity contribution in [2.24, 2.45) is 5.92 Å². The van der Waals surface area contributed by atoms with E-state index in [-0.39, 0.29) is 5.92 Å². The van der Waals surface area contributed by atoms with Crippen LogP contribution in [-0.2, 0) is 4.79 Å². The van der Waals surface area contributed by atoms with Crippen molar-refractivity contribution < 1.29 is 4.79 Å². The Morgan fingerprint density at radius 1 is 1.73 bits per heavy atom. The SMILES string of the molecule is C=C/C(C)=C/C1CCCC1=O. The van der Waals surface area contributed by atoms with E-state index in [1.165, 1.54) is 0 Å². The van der Waals surface area contributed by atoms with Crippen molar-refractivity contribution in [1.82, 2.24) is 0 Å². The molecule has 1 heteroatoms. The highest BCUT2D eigenvalue weighted by Gasteiger charge is 2.21. The zero-order chi connectivity index (χ0) is 8.27. The van der Waals surface area contributed by atoms with E-state index in [2.05, 4.69) is 6.58 Å². The molecule has 0 N–H and O–H groups in total. The van der Waals surface area contributed by atoms with Crippen molar-refractivity contribution >= 4 is 5.78 Å². The second kappa shape index (κ2) is 3.51. The normalized spacial score (nSPS) is 25.7. The summed E-state index contributed by atoms with van der Waals surface area (Å²) in [6.07, 6.45) is 6.69. The third kappa shape index (κ3) is 2.04. The smallest absolute Gasteiger partial charge is 0.139 e. The summed E-state index contributed by atoms with van der Waals surface area (Å²) in [6.45, 7) is 5.63. The minimum atomic E-state index is 0.188. The van der Waals surface area contributed by atoms with E-state index in [1.54, 1.807) is 6.08 Å². The molecule has 0 aromatic heterocycles. The van der Waals surface area contributed by atoms with Crippen LogP contribution in [0, 0.1) is 5.92 Å². The molecule has 1 saturated carbocycles. The summed E-state index contributed by atoms with van der Waals surface area (Å²) in [4.78, 5) is 11.1. The molecule has 1 unspecified atom stereocenters. The fourth-order valence-electron chi connectivity index (χ4n) is 1.40. The number of carbonyl (C=O) groups excluding carboxylic acids is 1. The van der Waals surface area contributed by atoms with Crippen molar-refractivity contribution in [1.29, 1.82) is 0 Å². The van der Waals surface area contributed by atoms with Crippen molar-refractivity contribution in [3.05, 3.63) is 24.3 Å². The third-order valence-electron chi connectivity index (χ3n) is 2.14. The Bertz CT molecular complexity index is 201. The minimum Gasteiger partial charge on any atom is -0.299 e. The number of carbonyl (C=O) groups is 1. The Kier molecular flexibility index (Phi) is 2.64. The van der Waals surface area contributed by atoms with Crippen LogP contribution in [0.25, 0.3) is 0 Å². The summed E-state index contributed by atoms with van der Waals surface area (Å²) in [6, 6.07) is 0. The lowest BCUT2D eigenvalue weighted by Crippen LogP contribution is -2.02. The van der Waals surface area contributed by atoms with E-state index in [0.717, 1.165) is 24.8 Å². The van der Waals surface area contributed by atoms with Gasteiger partial charge in [-0.3, -0.25) is 4.79 Å². The number of hydrogen-bond acceptors (Lipinski definition) is 1. The van der Waals surface area contributed by atoms with Crippen LogP contribution >= 0.6 is 0 Å². The molecule has 1 aliphatic carbocycles. The maximum atomic E-state index is 11.1. The predicted molar refractivity (Wildman–Crippen MR) is 46.3 cm³/mol. The molecular formula is C10H14O. The van der Waals surface area contributed by atoms with Crippen LogP contribution in [0.4, 0.5) is 0 Å². The number of hydrogen-bond donors (Lipinski definition) is 0.